The van der Waals surface area contributed by atoms with Crippen LogP contribution in [0.15, 0.2) is 0 Å². The first-order valence-electron chi connectivity index (χ1n) is 6.93. The van der Waals surface area contributed by atoms with Gasteiger partial charge < -0.3 is 9.67 Å². The van der Waals surface area contributed by atoms with Gasteiger partial charge in [0.05, 0.1) is 12.6 Å². The van der Waals surface area contributed by atoms with Crippen molar-refractivity contribution in [3.8, 4) is 0 Å². The van der Waals surface area contributed by atoms with Gasteiger partial charge in [-0.25, -0.2) is 0 Å². The van der Waals surface area contributed by atoms with E-state index in [0.717, 1.165) is 37.7 Å². The number of rotatable bonds is 3. The molecular weight excluding hydrogens is 228 g/mol. The molecule has 1 N–H and O–H groups in total. The van der Waals surface area contributed by atoms with Gasteiger partial charge in [0.15, 0.2) is 0 Å². The smallest absolute Gasteiger partial charge is 0.146 e. The van der Waals surface area contributed by atoms with Crippen molar-refractivity contribution in [2.24, 2.45) is 13.0 Å². The first kappa shape index (κ1) is 12.1. The summed E-state index contributed by atoms with van der Waals surface area (Å²) < 4.78 is 2.16. The van der Waals surface area contributed by atoms with E-state index in [-0.39, 0.29) is 6.10 Å². The van der Waals surface area contributed by atoms with E-state index in [4.69, 9.17) is 0 Å². The molecule has 1 aliphatic carbocycles. The third-order valence-electron chi connectivity index (χ3n) is 4.25. The van der Waals surface area contributed by atoms with Crippen LogP contribution in [0.5, 0.6) is 0 Å². The van der Waals surface area contributed by atoms with Crippen LogP contribution in [0.4, 0.5) is 0 Å². The average Bonchev–Trinajstić information content (AvgIpc) is 3.12. The van der Waals surface area contributed by atoms with Gasteiger partial charge in [0.2, 0.25) is 0 Å². The van der Waals surface area contributed by atoms with Crippen molar-refractivity contribution in [2.75, 3.05) is 13.1 Å². The predicted octanol–water partition coefficient (Wildman–Crippen LogP) is 0.895. The van der Waals surface area contributed by atoms with Crippen LogP contribution in [0.25, 0.3) is 0 Å². The minimum absolute atomic E-state index is 0.136. The van der Waals surface area contributed by atoms with Crippen molar-refractivity contribution in [3.05, 3.63) is 11.6 Å². The SMILES string of the molecule is CC1CN(Cc2nnc(C3CC3)n2C)CCC1O. The third-order valence-corrected chi connectivity index (χ3v) is 4.25. The van der Waals surface area contributed by atoms with Crippen molar-refractivity contribution in [1.29, 1.82) is 0 Å². The summed E-state index contributed by atoms with van der Waals surface area (Å²) in [6.45, 7) is 4.88. The molecule has 2 aliphatic rings. The lowest BCUT2D eigenvalue weighted by Crippen LogP contribution is -2.41. The Hall–Kier alpha value is -0.940. The largest absolute Gasteiger partial charge is 0.393 e. The Morgan fingerprint density at radius 2 is 2.06 bits per heavy atom. The van der Waals surface area contributed by atoms with E-state index in [2.05, 4.69) is 33.6 Å². The van der Waals surface area contributed by atoms with Gasteiger partial charge in [-0.3, -0.25) is 4.90 Å². The van der Waals surface area contributed by atoms with Gasteiger partial charge in [-0.2, -0.15) is 0 Å². The molecule has 18 heavy (non-hydrogen) atoms. The molecule has 2 atom stereocenters. The molecule has 0 amide bonds. The molecule has 2 fully saturated rings. The average molecular weight is 250 g/mol. The summed E-state index contributed by atoms with van der Waals surface area (Å²) in [6.07, 6.45) is 3.26. The summed E-state index contributed by atoms with van der Waals surface area (Å²) in [5.41, 5.74) is 0. The first-order valence-corrected chi connectivity index (χ1v) is 6.93. The Labute approximate surface area is 108 Å². The fourth-order valence-electron chi connectivity index (χ4n) is 2.77. The van der Waals surface area contributed by atoms with E-state index in [0.29, 0.717) is 11.8 Å². The lowest BCUT2D eigenvalue weighted by Gasteiger charge is -2.33. The Morgan fingerprint density at radius 1 is 1.28 bits per heavy atom. The minimum Gasteiger partial charge on any atom is -0.393 e. The summed E-state index contributed by atoms with van der Waals surface area (Å²) in [4.78, 5) is 2.37. The highest BCUT2D eigenvalue weighted by molar-refractivity contribution is 5.07. The number of aromatic nitrogens is 3. The molecule has 0 radical (unpaired) electrons. The first-order chi connectivity index (χ1) is 8.65. The molecule has 1 aliphatic heterocycles. The molecule has 2 heterocycles. The van der Waals surface area contributed by atoms with Crippen LogP contribution in [0.3, 0.4) is 0 Å². The van der Waals surface area contributed by atoms with Crippen LogP contribution in [-0.4, -0.2) is 44.0 Å². The Kier molecular flexibility index (Phi) is 3.11. The normalized spacial score (nSPS) is 29.7. The highest BCUT2D eigenvalue weighted by Gasteiger charge is 2.30. The lowest BCUT2D eigenvalue weighted by molar-refractivity contribution is 0.0307. The van der Waals surface area contributed by atoms with Gasteiger partial charge in [-0.1, -0.05) is 6.92 Å². The monoisotopic (exact) mass is 250 g/mol. The Balaban J connectivity index is 1.65. The molecule has 5 heteroatoms. The van der Waals surface area contributed by atoms with Crippen molar-refractivity contribution >= 4 is 0 Å². The third kappa shape index (κ3) is 2.29. The number of aliphatic hydroxyl groups is 1. The number of nitrogens with zero attached hydrogens (tertiary/aromatic N) is 4. The quantitative estimate of drug-likeness (QED) is 0.866. The fourth-order valence-corrected chi connectivity index (χ4v) is 2.77. The Morgan fingerprint density at radius 3 is 2.72 bits per heavy atom. The van der Waals surface area contributed by atoms with Crippen LogP contribution >= 0.6 is 0 Å². The van der Waals surface area contributed by atoms with E-state index in [1.165, 1.54) is 12.8 Å². The van der Waals surface area contributed by atoms with Crippen molar-refractivity contribution < 1.29 is 5.11 Å². The second kappa shape index (κ2) is 4.63. The fraction of sp³-hybridized carbons (Fsp3) is 0.846. The van der Waals surface area contributed by atoms with Gasteiger partial charge in [-0.15, -0.1) is 10.2 Å². The summed E-state index contributed by atoms with van der Waals surface area (Å²) in [6, 6.07) is 0. The van der Waals surface area contributed by atoms with E-state index in [9.17, 15) is 5.11 Å². The number of piperidine rings is 1. The molecule has 1 saturated carbocycles. The zero-order valence-corrected chi connectivity index (χ0v) is 11.2. The van der Waals surface area contributed by atoms with Gasteiger partial charge in [0.1, 0.15) is 11.6 Å². The second-order valence-corrected chi connectivity index (χ2v) is 5.88. The number of likely N-dealkylation sites (tertiary alicyclic amines) is 1. The minimum atomic E-state index is -0.136. The van der Waals surface area contributed by atoms with Crippen LogP contribution in [-0.2, 0) is 13.6 Å². The molecule has 1 aromatic rings. The summed E-state index contributed by atoms with van der Waals surface area (Å²) in [5, 5.41) is 18.4. The summed E-state index contributed by atoms with van der Waals surface area (Å²) >= 11 is 0. The maximum absolute atomic E-state index is 9.74. The lowest BCUT2D eigenvalue weighted by atomic mass is 9.97. The molecule has 2 unspecified atom stereocenters. The van der Waals surface area contributed by atoms with Crippen LogP contribution in [0.2, 0.25) is 0 Å². The van der Waals surface area contributed by atoms with Crippen molar-refractivity contribution in [2.45, 2.75) is 44.8 Å². The zero-order valence-electron chi connectivity index (χ0n) is 11.2. The van der Waals surface area contributed by atoms with E-state index in [1.54, 1.807) is 0 Å². The van der Waals surface area contributed by atoms with Crippen molar-refractivity contribution in [1.82, 2.24) is 19.7 Å². The van der Waals surface area contributed by atoms with E-state index >= 15 is 0 Å². The summed E-state index contributed by atoms with van der Waals surface area (Å²) in [5.74, 6) is 3.21. The summed E-state index contributed by atoms with van der Waals surface area (Å²) in [7, 11) is 2.07. The van der Waals surface area contributed by atoms with E-state index in [1.807, 2.05) is 0 Å². The zero-order chi connectivity index (χ0) is 12.7. The number of hydrogen-bond donors (Lipinski definition) is 1. The molecule has 0 spiro atoms. The van der Waals surface area contributed by atoms with Gasteiger partial charge >= 0.3 is 0 Å². The molecule has 3 rings (SSSR count). The molecule has 100 valence electrons. The molecule has 5 nitrogen and oxygen atoms in total. The van der Waals surface area contributed by atoms with Crippen LogP contribution < -0.4 is 0 Å². The van der Waals surface area contributed by atoms with Crippen LogP contribution in [0.1, 0.15) is 43.8 Å². The topological polar surface area (TPSA) is 54.2 Å². The number of hydrogen-bond acceptors (Lipinski definition) is 4. The molecular formula is C13H22N4O. The van der Waals surface area contributed by atoms with Crippen molar-refractivity contribution in [3.63, 3.8) is 0 Å². The highest BCUT2D eigenvalue weighted by Crippen LogP contribution is 2.38. The van der Waals surface area contributed by atoms with Crippen LogP contribution in [0, 0.1) is 5.92 Å². The molecule has 1 aromatic heterocycles. The van der Waals surface area contributed by atoms with E-state index < -0.39 is 0 Å². The standard InChI is InChI=1S/C13H22N4O/c1-9-7-17(6-5-11(9)18)8-12-14-15-13(16(12)2)10-3-4-10/h9-11,18H,3-8H2,1-2H3. The van der Waals surface area contributed by atoms with Gasteiger partial charge in [0.25, 0.3) is 0 Å². The molecule has 0 aromatic carbocycles. The van der Waals surface area contributed by atoms with Gasteiger partial charge in [-0.05, 0) is 25.2 Å². The maximum atomic E-state index is 9.74. The Bertz CT molecular complexity index is 427. The molecule has 1 saturated heterocycles. The second-order valence-electron chi connectivity index (χ2n) is 5.88. The number of aliphatic hydroxyl groups excluding tert-OH is 1. The molecule has 0 bridgehead atoms. The predicted molar refractivity (Wildman–Crippen MR) is 68.0 cm³/mol. The maximum Gasteiger partial charge on any atom is 0.146 e. The highest BCUT2D eigenvalue weighted by atomic mass is 16.3. The van der Waals surface area contributed by atoms with Gasteiger partial charge in [0, 0.05) is 26.1 Å².